The molecule has 0 amide bonds. The molecule has 0 atom stereocenters. The Hall–Kier alpha value is -5.15. The summed E-state index contributed by atoms with van der Waals surface area (Å²) in [6.45, 7) is 4.17. The molecule has 0 saturated heterocycles. The summed E-state index contributed by atoms with van der Waals surface area (Å²) in [5, 5.41) is 2.28. The maximum absolute atomic E-state index is 6.40. The van der Waals surface area contributed by atoms with Crippen molar-refractivity contribution in [2.24, 2.45) is 0 Å². The van der Waals surface area contributed by atoms with E-state index in [-0.39, 0.29) is 20.1 Å². The Balaban J connectivity index is 0.000000232. The van der Waals surface area contributed by atoms with Crippen LogP contribution < -0.4 is 0 Å². The third-order valence-electron chi connectivity index (χ3n) is 8.12. The fourth-order valence-corrected chi connectivity index (χ4v) is 5.78. The van der Waals surface area contributed by atoms with Crippen molar-refractivity contribution in [1.82, 2.24) is 9.97 Å². The maximum atomic E-state index is 6.40. The van der Waals surface area contributed by atoms with Gasteiger partial charge in [0.25, 0.3) is 0 Å². The van der Waals surface area contributed by atoms with Crippen LogP contribution in [-0.4, -0.2) is 9.97 Å². The van der Waals surface area contributed by atoms with Crippen LogP contribution in [0, 0.1) is 26.0 Å². The van der Waals surface area contributed by atoms with E-state index >= 15 is 0 Å². The number of aromatic nitrogens is 2. The van der Waals surface area contributed by atoms with Gasteiger partial charge in [0.15, 0.2) is 0 Å². The van der Waals surface area contributed by atoms with Crippen molar-refractivity contribution in [3.8, 4) is 33.6 Å². The Morgan fingerprint density at radius 3 is 2.13 bits per heavy atom. The summed E-state index contributed by atoms with van der Waals surface area (Å²) >= 11 is 0. The van der Waals surface area contributed by atoms with Gasteiger partial charge in [0.2, 0.25) is 0 Å². The van der Waals surface area contributed by atoms with Crippen molar-refractivity contribution in [2.75, 3.05) is 0 Å². The van der Waals surface area contributed by atoms with Gasteiger partial charge in [-0.15, -0.1) is 53.6 Å². The maximum Gasteiger partial charge on any atom is 0.120 e. The molecule has 5 aromatic carbocycles. The van der Waals surface area contributed by atoms with Crippen LogP contribution in [0.25, 0.3) is 55.6 Å². The molecule has 0 aliphatic heterocycles. The molecule has 231 valence electrons. The predicted octanol–water partition coefficient (Wildman–Crippen LogP) is 10.9. The molecular weight excluding hydrogens is 753 g/mol. The summed E-state index contributed by atoms with van der Waals surface area (Å²) in [6, 6.07) is 52.0. The molecule has 0 aliphatic carbocycles. The smallest absolute Gasteiger partial charge is 0.120 e. The van der Waals surface area contributed by atoms with Crippen molar-refractivity contribution >= 4 is 21.9 Å². The van der Waals surface area contributed by atoms with Crippen LogP contribution in [0.5, 0.6) is 0 Å². The Kier molecular flexibility index (Phi) is 9.83. The van der Waals surface area contributed by atoms with E-state index in [0.29, 0.717) is 0 Å². The van der Waals surface area contributed by atoms with Crippen LogP contribution in [0.15, 0.2) is 150 Å². The molecule has 0 saturated carbocycles. The van der Waals surface area contributed by atoms with Gasteiger partial charge in [-0.05, 0) is 54.4 Å². The molecule has 0 aliphatic rings. The largest absolute Gasteiger partial charge is 0.501 e. The summed E-state index contributed by atoms with van der Waals surface area (Å²) in [6.07, 6.45) is 4.66. The third kappa shape index (κ3) is 7.00. The normalized spacial score (nSPS) is 10.7. The number of aryl methyl sites for hydroxylation is 2. The zero-order valence-electron chi connectivity index (χ0n) is 26.2. The van der Waals surface area contributed by atoms with Crippen LogP contribution in [0.4, 0.5) is 0 Å². The molecule has 3 heterocycles. The van der Waals surface area contributed by atoms with Crippen LogP contribution in [-0.2, 0) is 26.5 Å². The number of hydrogen-bond donors (Lipinski definition) is 0. The zero-order chi connectivity index (χ0) is 31.3. The minimum Gasteiger partial charge on any atom is -0.501 e. The Bertz CT molecular complexity index is 2230. The van der Waals surface area contributed by atoms with Gasteiger partial charge >= 0.3 is 0 Å². The first-order chi connectivity index (χ1) is 22.6. The topological polar surface area (TPSA) is 38.9 Å². The first kappa shape index (κ1) is 31.8. The van der Waals surface area contributed by atoms with E-state index in [1.165, 1.54) is 27.8 Å². The van der Waals surface area contributed by atoms with Gasteiger partial charge in [-0.2, -0.15) is 0 Å². The fraction of sp³-hybridized carbons (Fsp3) is 0.0698. The SMILES string of the molecule is Cc1cc(-c2[c-]cc(Cc3ccccc3)c3c2oc2ccccc23)ncc1-c1ccccc1.Cc1ccc(-c2[c-]cccc2)nc1.[Ir]. The monoisotopic (exact) mass is 785 g/mol. The number of para-hydroxylation sites is 1. The number of furan rings is 1. The molecule has 0 spiro atoms. The number of hydrogen-bond acceptors (Lipinski definition) is 3. The minimum absolute atomic E-state index is 0. The molecule has 0 unspecified atom stereocenters. The van der Waals surface area contributed by atoms with Crippen LogP contribution in [0.1, 0.15) is 22.3 Å². The quantitative estimate of drug-likeness (QED) is 0.163. The van der Waals surface area contributed by atoms with Gasteiger partial charge in [0.1, 0.15) is 5.58 Å². The Morgan fingerprint density at radius 2 is 1.40 bits per heavy atom. The summed E-state index contributed by atoms with van der Waals surface area (Å²) < 4.78 is 6.40. The number of benzene rings is 5. The molecule has 47 heavy (non-hydrogen) atoms. The van der Waals surface area contributed by atoms with Crippen molar-refractivity contribution in [2.45, 2.75) is 20.3 Å². The van der Waals surface area contributed by atoms with Gasteiger partial charge in [-0.25, -0.2) is 0 Å². The second-order valence-corrected chi connectivity index (χ2v) is 11.4. The summed E-state index contributed by atoms with van der Waals surface area (Å²) in [5.74, 6) is 0. The van der Waals surface area contributed by atoms with Crippen LogP contribution >= 0.6 is 0 Å². The predicted molar refractivity (Wildman–Crippen MR) is 188 cm³/mol. The van der Waals surface area contributed by atoms with Crippen molar-refractivity contribution < 1.29 is 24.5 Å². The van der Waals surface area contributed by atoms with E-state index in [1.54, 1.807) is 0 Å². The average Bonchev–Trinajstić information content (AvgIpc) is 3.50. The molecule has 0 fully saturated rings. The number of nitrogens with zero attached hydrogens (tertiary/aromatic N) is 2. The molecular formula is C43H32IrN2O-2. The third-order valence-corrected chi connectivity index (χ3v) is 8.12. The van der Waals surface area contributed by atoms with Crippen LogP contribution in [0.2, 0.25) is 0 Å². The van der Waals surface area contributed by atoms with E-state index in [2.05, 4.69) is 109 Å². The minimum atomic E-state index is 0. The molecule has 8 aromatic rings. The number of pyridine rings is 2. The molecule has 3 aromatic heterocycles. The molecule has 3 nitrogen and oxygen atoms in total. The Morgan fingerprint density at radius 1 is 0.681 bits per heavy atom. The van der Waals surface area contributed by atoms with Crippen LogP contribution in [0.3, 0.4) is 0 Å². The number of rotatable bonds is 5. The van der Waals surface area contributed by atoms with Gasteiger partial charge < -0.3 is 14.4 Å². The average molecular weight is 785 g/mol. The zero-order valence-corrected chi connectivity index (χ0v) is 28.6. The van der Waals surface area contributed by atoms with Gasteiger partial charge in [0.05, 0.1) is 5.58 Å². The summed E-state index contributed by atoms with van der Waals surface area (Å²) in [7, 11) is 0. The van der Waals surface area contributed by atoms with Gasteiger partial charge in [0, 0.05) is 43.4 Å². The van der Waals surface area contributed by atoms with Gasteiger partial charge in [-0.1, -0.05) is 114 Å². The molecule has 1 radical (unpaired) electrons. The van der Waals surface area contributed by atoms with E-state index < -0.39 is 0 Å². The molecule has 0 N–H and O–H groups in total. The van der Waals surface area contributed by atoms with E-state index in [0.717, 1.165) is 56.4 Å². The Labute approximate surface area is 289 Å². The second-order valence-electron chi connectivity index (χ2n) is 11.4. The first-order valence-electron chi connectivity index (χ1n) is 15.4. The van der Waals surface area contributed by atoms with E-state index in [9.17, 15) is 0 Å². The summed E-state index contributed by atoms with van der Waals surface area (Å²) in [4.78, 5) is 9.15. The van der Waals surface area contributed by atoms with Gasteiger partial charge in [-0.3, -0.25) is 0 Å². The van der Waals surface area contributed by atoms with E-state index in [1.807, 2.05) is 67.8 Å². The van der Waals surface area contributed by atoms with Crippen molar-refractivity contribution in [3.63, 3.8) is 0 Å². The molecule has 0 bridgehead atoms. The summed E-state index contributed by atoms with van der Waals surface area (Å²) in [5.41, 5.74) is 12.7. The molecule has 4 heteroatoms. The van der Waals surface area contributed by atoms with Crippen molar-refractivity contribution in [3.05, 3.63) is 180 Å². The standard InChI is InChI=1S/C31H22NO.C12H10N.Ir/c1-21-18-28(32-20-27(21)23-12-6-3-7-13-23)25-17-16-24(19-22-10-4-2-5-11-22)30-26-14-8-9-15-29(26)33-31(25)30;1-10-7-8-12(13-9-10)11-5-3-2-4-6-11;/h2-16,18,20H,19H2,1H3;2-5,7-9H,1H3;/q2*-1;. The molecule has 8 rings (SSSR count). The fourth-order valence-electron chi connectivity index (χ4n) is 5.78. The number of fused-ring (bicyclic) bond motifs is 3. The van der Waals surface area contributed by atoms with E-state index in [4.69, 9.17) is 9.40 Å². The second kappa shape index (κ2) is 14.5. The van der Waals surface area contributed by atoms with Crippen molar-refractivity contribution in [1.29, 1.82) is 0 Å². The first-order valence-corrected chi connectivity index (χ1v) is 15.4.